The van der Waals surface area contributed by atoms with Crippen LogP contribution in [0.5, 0.6) is 0 Å². The lowest BCUT2D eigenvalue weighted by Crippen LogP contribution is -1.70. The van der Waals surface area contributed by atoms with Crippen molar-refractivity contribution in [3.63, 3.8) is 0 Å². The van der Waals surface area contributed by atoms with Gasteiger partial charge in [0.05, 0.1) is 16.8 Å². The normalized spacial score (nSPS) is 11.0. The Balaban J connectivity index is 2.27. The Hall–Kier alpha value is -1.81. The van der Waals surface area contributed by atoms with Crippen molar-refractivity contribution in [2.75, 3.05) is 0 Å². The number of furan rings is 1. The Labute approximate surface area is 89.9 Å². The molecule has 3 rings (SSSR count). The molecule has 0 aliphatic heterocycles. The second kappa shape index (κ2) is 3.10. The molecule has 5 heteroatoms. The van der Waals surface area contributed by atoms with E-state index in [2.05, 4.69) is 15.2 Å². The number of rotatable bonds is 1. The van der Waals surface area contributed by atoms with E-state index in [9.17, 15) is 0 Å². The van der Waals surface area contributed by atoms with Gasteiger partial charge in [0.25, 0.3) is 0 Å². The number of pyridine rings is 1. The van der Waals surface area contributed by atoms with Crippen molar-refractivity contribution >= 4 is 22.7 Å². The Kier molecular flexibility index (Phi) is 1.76. The first-order valence-corrected chi connectivity index (χ1v) is 4.75. The zero-order chi connectivity index (χ0) is 10.3. The van der Waals surface area contributed by atoms with Crippen LogP contribution in [-0.4, -0.2) is 15.2 Å². The summed E-state index contributed by atoms with van der Waals surface area (Å²) in [6.07, 6.45) is 5.09. The molecule has 3 aromatic heterocycles. The van der Waals surface area contributed by atoms with Crippen LogP contribution in [0.1, 0.15) is 0 Å². The minimum atomic E-state index is 0.565. The van der Waals surface area contributed by atoms with Crippen LogP contribution in [0.15, 0.2) is 35.1 Å². The molecule has 0 aromatic carbocycles. The zero-order valence-corrected chi connectivity index (χ0v) is 8.32. The average Bonchev–Trinajstić information content (AvgIpc) is 2.86. The minimum Gasteiger partial charge on any atom is -0.453 e. The van der Waals surface area contributed by atoms with Gasteiger partial charge in [-0.25, -0.2) is 0 Å². The Morgan fingerprint density at radius 2 is 2.33 bits per heavy atom. The molecule has 0 spiro atoms. The van der Waals surface area contributed by atoms with Crippen molar-refractivity contribution in [1.29, 1.82) is 0 Å². The van der Waals surface area contributed by atoms with Crippen molar-refractivity contribution in [1.82, 2.24) is 15.2 Å². The molecular weight excluding hydrogens is 214 g/mol. The number of hydrogen-bond donors (Lipinski definition) is 1. The zero-order valence-electron chi connectivity index (χ0n) is 7.57. The summed E-state index contributed by atoms with van der Waals surface area (Å²) >= 11 is 5.97. The Morgan fingerprint density at radius 3 is 3.07 bits per heavy atom. The topological polar surface area (TPSA) is 54.7 Å². The molecule has 3 aromatic rings. The maximum atomic E-state index is 5.97. The van der Waals surface area contributed by atoms with E-state index in [1.165, 1.54) is 0 Å². The summed E-state index contributed by atoms with van der Waals surface area (Å²) in [6, 6.07) is 3.54. The molecule has 0 bridgehead atoms. The molecule has 0 radical (unpaired) electrons. The molecule has 4 nitrogen and oxygen atoms in total. The molecule has 0 atom stereocenters. The smallest absolute Gasteiger partial charge is 0.171 e. The first-order valence-electron chi connectivity index (χ1n) is 4.38. The predicted octanol–water partition coefficient (Wildman–Crippen LogP) is 2.87. The SMILES string of the molecule is Clc1ccnc2cc(-c3cn[nH]c3)oc12. The molecule has 0 amide bonds. The van der Waals surface area contributed by atoms with E-state index in [1.807, 2.05) is 6.07 Å². The summed E-state index contributed by atoms with van der Waals surface area (Å²) in [6.45, 7) is 0. The van der Waals surface area contributed by atoms with E-state index in [4.69, 9.17) is 16.0 Å². The van der Waals surface area contributed by atoms with E-state index in [-0.39, 0.29) is 0 Å². The number of hydrogen-bond acceptors (Lipinski definition) is 3. The van der Waals surface area contributed by atoms with E-state index in [1.54, 1.807) is 24.7 Å². The van der Waals surface area contributed by atoms with Crippen molar-refractivity contribution < 1.29 is 4.42 Å². The van der Waals surface area contributed by atoms with E-state index < -0.39 is 0 Å². The standard InChI is InChI=1S/C10H6ClN3O/c11-7-1-2-12-8-3-9(15-10(7)8)6-4-13-14-5-6/h1-5H,(H,13,14). The number of H-pyrrole nitrogens is 1. The monoisotopic (exact) mass is 219 g/mol. The second-order valence-corrected chi connectivity index (χ2v) is 3.51. The minimum absolute atomic E-state index is 0.565. The van der Waals surface area contributed by atoms with Gasteiger partial charge in [0.15, 0.2) is 5.58 Å². The first-order chi connectivity index (χ1) is 7.34. The van der Waals surface area contributed by atoms with Crippen LogP contribution < -0.4 is 0 Å². The van der Waals surface area contributed by atoms with Gasteiger partial charge in [-0.05, 0) is 6.07 Å². The summed E-state index contributed by atoms with van der Waals surface area (Å²) in [5.74, 6) is 0.708. The maximum absolute atomic E-state index is 5.97. The summed E-state index contributed by atoms with van der Waals surface area (Å²) in [5.41, 5.74) is 2.23. The van der Waals surface area contributed by atoms with Crippen molar-refractivity contribution in [2.45, 2.75) is 0 Å². The van der Waals surface area contributed by atoms with Gasteiger partial charge in [0, 0.05) is 18.5 Å². The molecular formula is C10H6ClN3O. The number of halogens is 1. The van der Waals surface area contributed by atoms with Gasteiger partial charge in [-0.3, -0.25) is 10.1 Å². The molecule has 0 aliphatic carbocycles. The quantitative estimate of drug-likeness (QED) is 0.685. The third-order valence-electron chi connectivity index (χ3n) is 2.15. The van der Waals surface area contributed by atoms with Crippen LogP contribution in [0.2, 0.25) is 5.02 Å². The summed E-state index contributed by atoms with van der Waals surface area (Å²) in [4.78, 5) is 4.16. The van der Waals surface area contributed by atoms with Gasteiger partial charge in [0.2, 0.25) is 0 Å². The highest BCUT2D eigenvalue weighted by Crippen LogP contribution is 2.29. The van der Waals surface area contributed by atoms with Gasteiger partial charge < -0.3 is 4.42 Å². The van der Waals surface area contributed by atoms with Crippen LogP contribution >= 0.6 is 11.6 Å². The first kappa shape index (κ1) is 8.49. The summed E-state index contributed by atoms with van der Waals surface area (Å²) in [5, 5.41) is 7.14. The molecule has 0 aliphatic rings. The lowest BCUT2D eigenvalue weighted by atomic mass is 10.3. The highest BCUT2D eigenvalue weighted by Gasteiger charge is 2.09. The number of nitrogens with one attached hydrogen (secondary N) is 1. The molecule has 0 fully saturated rings. The van der Waals surface area contributed by atoms with Crippen LogP contribution in [0.4, 0.5) is 0 Å². The Bertz CT molecular complexity index is 600. The number of fused-ring (bicyclic) bond motifs is 1. The van der Waals surface area contributed by atoms with Gasteiger partial charge in [-0.1, -0.05) is 11.6 Å². The van der Waals surface area contributed by atoms with Gasteiger partial charge in [-0.15, -0.1) is 0 Å². The highest BCUT2D eigenvalue weighted by molar-refractivity contribution is 6.34. The number of nitrogens with zero attached hydrogens (tertiary/aromatic N) is 2. The molecule has 0 saturated heterocycles. The summed E-state index contributed by atoms with van der Waals surface area (Å²) < 4.78 is 5.59. The molecule has 15 heavy (non-hydrogen) atoms. The van der Waals surface area contributed by atoms with Crippen LogP contribution in [-0.2, 0) is 0 Å². The lowest BCUT2D eigenvalue weighted by molar-refractivity contribution is 0.631. The number of aromatic nitrogens is 3. The van der Waals surface area contributed by atoms with E-state index in [0.717, 1.165) is 11.1 Å². The van der Waals surface area contributed by atoms with Gasteiger partial charge in [0.1, 0.15) is 11.3 Å². The average molecular weight is 220 g/mol. The summed E-state index contributed by atoms with van der Waals surface area (Å²) in [7, 11) is 0. The molecule has 74 valence electrons. The number of aromatic amines is 1. The Morgan fingerprint density at radius 1 is 1.40 bits per heavy atom. The van der Waals surface area contributed by atoms with E-state index in [0.29, 0.717) is 16.4 Å². The lowest BCUT2D eigenvalue weighted by Gasteiger charge is -1.89. The van der Waals surface area contributed by atoms with Crippen LogP contribution in [0.3, 0.4) is 0 Å². The highest BCUT2D eigenvalue weighted by atomic mass is 35.5. The van der Waals surface area contributed by atoms with E-state index >= 15 is 0 Å². The third-order valence-corrected chi connectivity index (χ3v) is 2.44. The molecule has 0 unspecified atom stereocenters. The van der Waals surface area contributed by atoms with Crippen molar-refractivity contribution in [3.05, 3.63) is 35.7 Å². The van der Waals surface area contributed by atoms with Gasteiger partial charge in [-0.2, -0.15) is 5.10 Å². The fourth-order valence-electron chi connectivity index (χ4n) is 1.44. The third kappa shape index (κ3) is 1.30. The molecule has 0 saturated carbocycles. The second-order valence-electron chi connectivity index (χ2n) is 3.10. The van der Waals surface area contributed by atoms with Crippen molar-refractivity contribution in [2.24, 2.45) is 0 Å². The van der Waals surface area contributed by atoms with Crippen LogP contribution in [0, 0.1) is 0 Å². The van der Waals surface area contributed by atoms with Crippen molar-refractivity contribution in [3.8, 4) is 11.3 Å². The molecule has 3 heterocycles. The fourth-order valence-corrected chi connectivity index (χ4v) is 1.63. The molecule has 1 N–H and O–H groups in total. The van der Waals surface area contributed by atoms with Crippen LogP contribution in [0.25, 0.3) is 22.4 Å². The fraction of sp³-hybridized carbons (Fsp3) is 0. The largest absolute Gasteiger partial charge is 0.453 e. The maximum Gasteiger partial charge on any atom is 0.171 e. The predicted molar refractivity (Wildman–Crippen MR) is 56.6 cm³/mol. The van der Waals surface area contributed by atoms with Gasteiger partial charge >= 0.3 is 0 Å².